The standard InChI is InChI=1S/C32H40N10O2/c1-40-14-16-42(17-15-40)23-8-12-41(13-9-23)22-4-2-20(3-5-22)36-32-29(30(33)44)38-28(31(39-32)37-21-18-24(43)19-21)27-25-6-10-34-26(25)7-11-35-27/h2-7,10-11,21,23-24,34,43H,8-9,12-19H2,1H3,(H2,33,44)(H2,36,37,39). The normalized spacial score (nSPS) is 21.7. The van der Waals surface area contributed by atoms with Crippen LogP contribution < -0.4 is 21.3 Å². The summed E-state index contributed by atoms with van der Waals surface area (Å²) in [6, 6.07) is 12.7. The van der Waals surface area contributed by atoms with E-state index in [9.17, 15) is 9.90 Å². The Morgan fingerprint density at radius 2 is 1.70 bits per heavy atom. The number of aromatic amines is 1. The van der Waals surface area contributed by atoms with E-state index in [0.717, 1.165) is 55.9 Å². The van der Waals surface area contributed by atoms with E-state index in [1.54, 1.807) is 6.20 Å². The number of nitrogens with two attached hydrogens (primary N) is 1. The lowest BCUT2D eigenvalue weighted by molar-refractivity contribution is 0.0835. The number of piperazine rings is 1. The summed E-state index contributed by atoms with van der Waals surface area (Å²) < 4.78 is 0. The molecule has 1 aromatic carbocycles. The molecule has 3 fully saturated rings. The molecule has 0 radical (unpaired) electrons. The number of carbonyl (C=O) groups is 1. The second-order valence-electron chi connectivity index (χ2n) is 12.3. The smallest absolute Gasteiger partial charge is 0.271 e. The summed E-state index contributed by atoms with van der Waals surface area (Å²) in [4.78, 5) is 37.5. The molecule has 0 spiro atoms. The number of aliphatic hydroxyl groups is 1. The third-order valence-corrected chi connectivity index (χ3v) is 9.30. The van der Waals surface area contributed by atoms with Crippen molar-refractivity contribution in [3.05, 3.63) is 54.5 Å². The number of fused-ring (bicyclic) bond motifs is 1. The fourth-order valence-electron chi connectivity index (χ4n) is 6.60. The predicted octanol–water partition coefficient (Wildman–Crippen LogP) is 3.01. The van der Waals surface area contributed by atoms with Crippen molar-refractivity contribution in [1.29, 1.82) is 0 Å². The Hall–Kier alpha value is -4.26. The predicted molar refractivity (Wildman–Crippen MR) is 172 cm³/mol. The van der Waals surface area contributed by atoms with Crippen LogP contribution >= 0.6 is 0 Å². The van der Waals surface area contributed by atoms with Crippen molar-refractivity contribution < 1.29 is 9.90 Å². The van der Waals surface area contributed by atoms with E-state index in [-0.39, 0.29) is 23.7 Å². The van der Waals surface area contributed by atoms with Crippen LogP contribution in [0.2, 0.25) is 0 Å². The summed E-state index contributed by atoms with van der Waals surface area (Å²) in [7, 11) is 2.20. The van der Waals surface area contributed by atoms with E-state index in [0.29, 0.717) is 36.1 Å². The number of aliphatic hydroxyl groups excluding tert-OH is 1. The van der Waals surface area contributed by atoms with Gasteiger partial charge in [-0.05, 0) is 69.1 Å². The lowest BCUT2D eigenvalue weighted by atomic mass is 9.89. The Balaban J connectivity index is 1.11. The highest BCUT2D eigenvalue weighted by Gasteiger charge is 2.30. The number of piperidine rings is 1. The van der Waals surface area contributed by atoms with Gasteiger partial charge in [0.05, 0.1) is 6.10 Å². The molecule has 6 N–H and O–H groups in total. The van der Waals surface area contributed by atoms with Crippen LogP contribution in [0.15, 0.2) is 48.8 Å². The highest BCUT2D eigenvalue weighted by molar-refractivity contribution is 6.00. The molecule has 3 aromatic heterocycles. The van der Waals surface area contributed by atoms with Gasteiger partial charge >= 0.3 is 0 Å². The first kappa shape index (κ1) is 28.5. The first-order valence-electron chi connectivity index (χ1n) is 15.5. The maximum absolute atomic E-state index is 12.7. The molecule has 230 valence electrons. The summed E-state index contributed by atoms with van der Waals surface area (Å²) in [5.41, 5.74) is 9.75. The number of anilines is 4. The number of pyridine rings is 1. The van der Waals surface area contributed by atoms with Gasteiger partial charge in [-0.15, -0.1) is 0 Å². The summed E-state index contributed by atoms with van der Waals surface area (Å²) in [5, 5.41) is 17.5. The highest BCUT2D eigenvalue weighted by Crippen LogP contribution is 2.35. The maximum Gasteiger partial charge on any atom is 0.271 e. The number of amides is 1. The molecule has 0 atom stereocenters. The van der Waals surface area contributed by atoms with Crippen molar-refractivity contribution in [1.82, 2.24) is 29.7 Å². The topological polar surface area (TPSA) is 152 Å². The molecule has 1 saturated carbocycles. The zero-order valence-corrected chi connectivity index (χ0v) is 25.0. The molecule has 0 bridgehead atoms. The molecule has 12 heteroatoms. The molecule has 2 saturated heterocycles. The molecule has 0 unspecified atom stereocenters. The quantitative estimate of drug-likeness (QED) is 0.205. The molecule has 1 amide bonds. The lowest BCUT2D eigenvalue weighted by Crippen LogP contribution is -2.52. The van der Waals surface area contributed by atoms with Gasteiger partial charge in [0.15, 0.2) is 17.3 Å². The minimum Gasteiger partial charge on any atom is -0.393 e. The Labute approximate surface area is 256 Å². The molecule has 3 aliphatic rings. The largest absolute Gasteiger partial charge is 0.393 e. The van der Waals surface area contributed by atoms with E-state index in [1.165, 1.54) is 18.5 Å². The maximum atomic E-state index is 12.7. The van der Waals surface area contributed by atoms with Crippen molar-refractivity contribution in [3.63, 3.8) is 0 Å². The van der Waals surface area contributed by atoms with Crippen LogP contribution in [0.4, 0.5) is 23.0 Å². The van der Waals surface area contributed by atoms with Gasteiger partial charge in [-0.2, -0.15) is 0 Å². The number of aromatic nitrogens is 4. The van der Waals surface area contributed by atoms with Crippen molar-refractivity contribution in [2.24, 2.45) is 5.73 Å². The van der Waals surface area contributed by atoms with Crippen LogP contribution in [0.1, 0.15) is 36.2 Å². The average molecular weight is 597 g/mol. The molecule has 12 nitrogen and oxygen atoms in total. The van der Waals surface area contributed by atoms with Gasteiger partial charge in [0.2, 0.25) is 0 Å². The van der Waals surface area contributed by atoms with Crippen LogP contribution in [0.5, 0.6) is 0 Å². The number of benzene rings is 1. The number of nitrogens with zero attached hydrogens (tertiary/aromatic N) is 6. The number of likely N-dealkylation sites (N-methyl/N-ethyl adjacent to an activating group) is 1. The van der Waals surface area contributed by atoms with Gasteiger partial charge in [-0.25, -0.2) is 9.97 Å². The van der Waals surface area contributed by atoms with Crippen LogP contribution in [0.25, 0.3) is 22.3 Å². The number of nitrogens with one attached hydrogen (secondary N) is 3. The fourth-order valence-corrected chi connectivity index (χ4v) is 6.60. The zero-order chi connectivity index (χ0) is 30.2. The van der Waals surface area contributed by atoms with Crippen molar-refractivity contribution in [2.75, 3.05) is 61.8 Å². The highest BCUT2D eigenvalue weighted by atomic mass is 16.3. The number of H-pyrrole nitrogens is 1. The molecule has 4 aromatic rings. The van der Waals surface area contributed by atoms with Crippen molar-refractivity contribution >= 4 is 39.8 Å². The minimum absolute atomic E-state index is 0.0311. The third-order valence-electron chi connectivity index (χ3n) is 9.30. The first-order chi connectivity index (χ1) is 21.4. The summed E-state index contributed by atoms with van der Waals surface area (Å²) in [6.45, 7) is 6.71. The molecular weight excluding hydrogens is 556 g/mol. The Morgan fingerprint density at radius 3 is 2.41 bits per heavy atom. The number of carbonyl (C=O) groups excluding carboxylic acids is 1. The van der Waals surface area contributed by atoms with Gasteiger partial charge in [0.1, 0.15) is 11.4 Å². The number of hydrogen-bond donors (Lipinski definition) is 5. The SMILES string of the molecule is CN1CCN(C2CCN(c3ccc(Nc4nc(NC5CC(O)C5)c(-c5nccc6[nH]ccc56)nc4C(N)=O)cc3)CC2)CC1. The molecular formula is C32H40N10O2. The van der Waals surface area contributed by atoms with E-state index in [4.69, 9.17) is 15.7 Å². The van der Waals surface area contributed by atoms with Crippen molar-refractivity contribution in [3.8, 4) is 11.4 Å². The van der Waals surface area contributed by atoms with Gasteiger partial charge in [0.25, 0.3) is 5.91 Å². The summed E-state index contributed by atoms with van der Waals surface area (Å²) >= 11 is 0. The second-order valence-corrected chi connectivity index (χ2v) is 12.3. The van der Waals surface area contributed by atoms with Crippen LogP contribution in [0.3, 0.4) is 0 Å². The van der Waals surface area contributed by atoms with E-state index in [1.807, 2.05) is 30.5 Å². The van der Waals surface area contributed by atoms with Crippen molar-refractivity contribution in [2.45, 2.75) is 43.9 Å². The minimum atomic E-state index is -0.687. The van der Waals surface area contributed by atoms with Gasteiger partial charge < -0.3 is 36.3 Å². The Kier molecular flexibility index (Phi) is 7.79. The number of rotatable bonds is 8. The van der Waals surface area contributed by atoms with E-state index in [2.05, 4.69) is 54.5 Å². The number of hydrogen-bond acceptors (Lipinski definition) is 10. The lowest BCUT2D eigenvalue weighted by Gasteiger charge is -2.42. The molecule has 5 heterocycles. The van der Waals surface area contributed by atoms with Crippen LogP contribution in [0, 0.1) is 0 Å². The third kappa shape index (κ3) is 5.80. The number of primary amides is 1. The second kappa shape index (κ2) is 12.0. The average Bonchev–Trinajstić information content (AvgIpc) is 3.51. The molecule has 2 aliphatic heterocycles. The molecule has 44 heavy (non-hydrogen) atoms. The van der Waals surface area contributed by atoms with Gasteiger partial charge in [-0.3, -0.25) is 14.7 Å². The van der Waals surface area contributed by atoms with Crippen LogP contribution in [-0.4, -0.2) is 105 Å². The summed E-state index contributed by atoms with van der Waals surface area (Å²) in [5.74, 6) is 0.0639. The molecule has 1 aliphatic carbocycles. The Bertz CT molecular complexity index is 1620. The van der Waals surface area contributed by atoms with E-state index < -0.39 is 5.91 Å². The monoisotopic (exact) mass is 596 g/mol. The molecule has 7 rings (SSSR count). The first-order valence-corrected chi connectivity index (χ1v) is 15.5. The van der Waals surface area contributed by atoms with Crippen LogP contribution in [-0.2, 0) is 0 Å². The van der Waals surface area contributed by atoms with Gasteiger partial charge in [0, 0.05) is 86.0 Å². The zero-order valence-electron chi connectivity index (χ0n) is 25.0. The summed E-state index contributed by atoms with van der Waals surface area (Å²) in [6.07, 6.45) is 6.75. The Morgan fingerprint density at radius 1 is 0.955 bits per heavy atom. The van der Waals surface area contributed by atoms with Gasteiger partial charge in [-0.1, -0.05) is 0 Å². The fraction of sp³-hybridized carbons (Fsp3) is 0.438. The van der Waals surface area contributed by atoms with E-state index >= 15 is 0 Å².